The number of nitrogens with zero attached hydrogens (tertiary/aromatic N) is 1. The summed E-state index contributed by atoms with van der Waals surface area (Å²) in [6, 6.07) is 5.35. The van der Waals surface area contributed by atoms with Gasteiger partial charge in [-0.2, -0.15) is 5.10 Å². The Hall–Kier alpha value is -2.57. The van der Waals surface area contributed by atoms with Gasteiger partial charge in [0, 0.05) is 6.54 Å². The summed E-state index contributed by atoms with van der Waals surface area (Å²) in [7, 11) is 0. The first-order chi connectivity index (χ1) is 12.0. The maximum Gasteiger partial charge on any atom is 0.329 e. The standard InChI is InChI=1S/C18H27N3O4/c1-5-9-25-15-8-7-14(10-16(15)24-6-2)12-20-21-18(23)17(22)19-11-13(3)4/h7-8,10,12-13H,5-6,9,11H2,1-4H3,(H,19,22)(H,21,23). The van der Waals surface area contributed by atoms with Crippen molar-refractivity contribution in [2.45, 2.75) is 34.1 Å². The third-order valence-corrected chi connectivity index (χ3v) is 2.99. The minimum absolute atomic E-state index is 0.269. The molecular formula is C18H27N3O4. The normalized spacial score (nSPS) is 10.8. The Balaban J connectivity index is 2.65. The van der Waals surface area contributed by atoms with Gasteiger partial charge in [0.25, 0.3) is 0 Å². The highest BCUT2D eigenvalue weighted by molar-refractivity contribution is 6.35. The van der Waals surface area contributed by atoms with Gasteiger partial charge in [-0.3, -0.25) is 9.59 Å². The molecule has 0 bridgehead atoms. The maximum absolute atomic E-state index is 11.6. The van der Waals surface area contributed by atoms with Crippen LogP contribution in [0, 0.1) is 5.92 Å². The number of benzene rings is 1. The lowest BCUT2D eigenvalue weighted by atomic mass is 10.2. The summed E-state index contributed by atoms with van der Waals surface area (Å²) in [5.74, 6) is 0.0403. The van der Waals surface area contributed by atoms with Crippen molar-refractivity contribution in [2.75, 3.05) is 19.8 Å². The highest BCUT2D eigenvalue weighted by Crippen LogP contribution is 2.28. The number of rotatable bonds is 9. The Morgan fingerprint density at radius 3 is 2.56 bits per heavy atom. The highest BCUT2D eigenvalue weighted by Gasteiger charge is 2.12. The zero-order valence-corrected chi connectivity index (χ0v) is 15.3. The van der Waals surface area contributed by atoms with E-state index in [-0.39, 0.29) is 5.92 Å². The molecule has 1 aromatic rings. The molecule has 0 aliphatic heterocycles. The minimum Gasteiger partial charge on any atom is -0.490 e. The van der Waals surface area contributed by atoms with Gasteiger partial charge in [0.05, 0.1) is 19.4 Å². The van der Waals surface area contributed by atoms with Crippen molar-refractivity contribution in [2.24, 2.45) is 11.0 Å². The lowest BCUT2D eigenvalue weighted by Gasteiger charge is -2.11. The van der Waals surface area contributed by atoms with Crippen LogP contribution < -0.4 is 20.2 Å². The minimum atomic E-state index is -0.801. The van der Waals surface area contributed by atoms with E-state index in [1.165, 1.54) is 6.21 Å². The molecule has 7 heteroatoms. The Morgan fingerprint density at radius 2 is 1.92 bits per heavy atom. The molecule has 0 aliphatic rings. The van der Waals surface area contributed by atoms with E-state index in [0.29, 0.717) is 31.3 Å². The van der Waals surface area contributed by atoms with E-state index in [1.54, 1.807) is 18.2 Å². The smallest absolute Gasteiger partial charge is 0.329 e. The monoisotopic (exact) mass is 349 g/mol. The maximum atomic E-state index is 11.6. The molecule has 0 aromatic heterocycles. The first-order valence-corrected chi connectivity index (χ1v) is 8.48. The summed E-state index contributed by atoms with van der Waals surface area (Å²) < 4.78 is 11.2. The number of ether oxygens (including phenoxy) is 2. The Labute approximate surface area is 148 Å². The molecule has 0 radical (unpaired) electrons. The van der Waals surface area contributed by atoms with Crippen molar-refractivity contribution < 1.29 is 19.1 Å². The summed E-state index contributed by atoms with van der Waals surface area (Å²) >= 11 is 0. The Morgan fingerprint density at radius 1 is 1.16 bits per heavy atom. The van der Waals surface area contributed by atoms with Gasteiger partial charge < -0.3 is 14.8 Å². The average Bonchev–Trinajstić information content (AvgIpc) is 2.59. The van der Waals surface area contributed by atoms with Crippen LogP contribution in [0.15, 0.2) is 23.3 Å². The van der Waals surface area contributed by atoms with Crippen molar-refractivity contribution in [1.82, 2.24) is 10.7 Å². The van der Waals surface area contributed by atoms with E-state index in [9.17, 15) is 9.59 Å². The molecule has 1 aromatic carbocycles. The average molecular weight is 349 g/mol. The summed E-state index contributed by atoms with van der Waals surface area (Å²) in [5.41, 5.74) is 2.92. The second kappa shape index (κ2) is 11.1. The van der Waals surface area contributed by atoms with E-state index in [2.05, 4.69) is 15.8 Å². The van der Waals surface area contributed by atoms with Gasteiger partial charge in [-0.15, -0.1) is 0 Å². The van der Waals surface area contributed by atoms with Gasteiger partial charge in [0.2, 0.25) is 0 Å². The SMILES string of the molecule is CCCOc1ccc(C=NNC(=O)C(=O)NCC(C)C)cc1OCC. The van der Waals surface area contributed by atoms with Gasteiger partial charge >= 0.3 is 11.8 Å². The molecule has 0 heterocycles. The molecule has 2 amide bonds. The number of carbonyl (C=O) groups is 2. The van der Waals surface area contributed by atoms with E-state index in [4.69, 9.17) is 9.47 Å². The van der Waals surface area contributed by atoms with Crippen molar-refractivity contribution in [3.63, 3.8) is 0 Å². The van der Waals surface area contributed by atoms with Gasteiger partial charge in [0.15, 0.2) is 11.5 Å². The fraction of sp³-hybridized carbons (Fsp3) is 0.500. The third-order valence-electron chi connectivity index (χ3n) is 2.99. The van der Waals surface area contributed by atoms with Crippen LogP contribution in [0.4, 0.5) is 0 Å². The Bertz CT molecular complexity index is 600. The fourth-order valence-corrected chi connectivity index (χ4v) is 1.80. The zero-order valence-electron chi connectivity index (χ0n) is 15.3. The second-order valence-corrected chi connectivity index (χ2v) is 5.79. The first kappa shape index (κ1) is 20.5. The van der Waals surface area contributed by atoms with Crippen LogP contribution in [0.3, 0.4) is 0 Å². The predicted molar refractivity (Wildman–Crippen MR) is 97.0 cm³/mol. The van der Waals surface area contributed by atoms with Gasteiger partial charge in [0.1, 0.15) is 0 Å². The van der Waals surface area contributed by atoms with E-state index in [1.807, 2.05) is 27.7 Å². The van der Waals surface area contributed by atoms with Crippen LogP contribution >= 0.6 is 0 Å². The lowest BCUT2D eigenvalue weighted by molar-refractivity contribution is -0.139. The molecule has 0 saturated carbocycles. The number of amides is 2. The summed E-state index contributed by atoms with van der Waals surface area (Å²) in [6.45, 7) is 9.36. The molecule has 0 unspecified atom stereocenters. The molecule has 0 aliphatic carbocycles. The van der Waals surface area contributed by atoms with Crippen LogP contribution in [0.5, 0.6) is 11.5 Å². The van der Waals surface area contributed by atoms with E-state index < -0.39 is 11.8 Å². The van der Waals surface area contributed by atoms with Gasteiger partial charge in [-0.05, 0) is 43.0 Å². The molecule has 0 atom stereocenters. The predicted octanol–water partition coefficient (Wildman–Crippen LogP) is 2.10. The van der Waals surface area contributed by atoms with Crippen LogP contribution in [0.1, 0.15) is 39.7 Å². The second-order valence-electron chi connectivity index (χ2n) is 5.79. The number of carbonyl (C=O) groups excluding carboxylic acids is 2. The van der Waals surface area contributed by atoms with Crippen LogP contribution in [-0.4, -0.2) is 37.8 Å². The molecule has 2 N–H and O–H groups in total. The molecule has 1 rings (SSSR count). The van der Waals surface area contributed by atoms with E-state index >= 15 is 0 Å². The van der Waals surface area contributed by atoms with Crippen molar-refractivity contribution in [1.29, 1.82) is 0 Å². The molecular weight excluding hydrogens is 322 g/mol. The molecule has 0 saturated heterocycles. The number of nitrogens with one attached hydrogen (secondary N) is 2. The number of hydrogen-bond donors (Lipinski definition) is 2. The molecule has 0 spiro atoms. The van der Waals surface area contributed by atoms with E-state index in [0.717, 1.165) is 12.0 Å². The van der Waals surface area contributed by atoms with Crippen molar-refractivity contribution in [3.05, 3.63) is 23.8 Å². The van der Waals surface area contributed by atoms with Crippen LogP contribution in [0.2, 0.25) is 0 Å². The molecule has 25 heavy (non-hydrogen) atoms. The largest absolute Gasteiger partial charge is 0.490 e. The topological polar surface area (TPSA) is 89.0 Å². The molecule has 7 nitrogen and oxygen atoms in total. The fourth-order valence-electron chi connectivity index (χ4n) is 1.80. The van der Waals surface area contributed by atoms with Gasteiger partial charge in [-0.25, -0.2) is 5.43 Å². The van der Waals surface area contributed by atoms with Crippen molar-refractivity contribution >= 4 is 18.0 Å². The number of hydrazone groups is 1. The van der Waals surface area contributed by atoms with Gasteiger partial charge in [-0.1, -0.05) is 20.8 Å². The van der Waals surface area contributed by atoms with Crippen LogP contribution in [0.25, 0.3) is 0 Å². The third kappa shape index (κ3) is 7.69. The zero-order chi connectivity index (χ0) is 18.7. The summed E-state index contributed by atoms with van der Waals surface area (Å²) in [4.78, 5) is 23.1. The quantitative estimate of drug-likeness (QED) is 0.406. The highest BCUT2D eigenvalue weighted by atomic mass is 16.5. The first-order valence-electron chi connectivity index (χ1n) is 8.48. The van der Waals surface area contributed by atoms with Crippen molar-refractivity contribution in [3.8, 4) is 11.5 Å². The molecule has 0 fully saturated rings. The number of hydrogen-bond acceptors (Lipinski definition) is 5. The molecule has 138 valence electrons. The Kier molecular flexibility index (Phi) is 9.06. The summed E-state index contributed by atoms with van der Waals surface area (Å²) in [5, 5.41) is 6.32. The lowest BCUT2D eigenvalue weighted by Crippen LogP contribution is -2.39. The van der Waals surface area contributed by atoms with Crippen LogP contribution in [-0.2, 0) is 9.59 Å². The summed E-state index contributed by atoms with van der Waals surface area (Å²) in [6.07, 6.45) is 2.35.